The number of halogens is 1. The fourth-order valence-corrected chi connectivity index (χ4v) is 2.83. The number of ether oxygens (including phenoxy) is 1. The van der Waals surface area contributed by atoms with Gasteiger partial charge in [-0.25, -0.2) is 0 Å². The van der Waals surface area contributed by atoms with Gasteiger partial charge in [-0.1, -0.05) is 30.7 Å². The monoisotopic (exact) mass is 281 g/mol. The molecule has 0 aliphatic heterocycles. The molecule has 0 bridgehead atoms. The Morgan fingerprint density at radius 3 is 2.78 bits per heavy atom. The molecule has 1 unspecified atom stereocenters. The minimum atomic E-state index is -0.130. The van der Waals surface area contributed by atoms with Crippen LogP contribution in [0.25, 0.3) is 0 Å². The van der Waals surface area contributed by atoms with E-state index in [0.29, 0.717) is 6.54 Å². The van der Waals surface area contributed by atoms with Crippen LogP contribution in [0, 0.1) is 0 Å². The Labute approximate surface area is 116 Å². The van der Waals surface area contributed by atoms with E-state index in [-0.39, 0.29) is 6.10 Å². The minimum absolute atomic E-state index is 0.130. The van der Waals surface area contributed by atoms with Crippen LogP contribution in [0.1, 0.15) is 23.5 Å². The Hall–Kier alpha value is -1.03. The van der Waals surface area contributed by atoms with Crippen molar-refractivity contribution in [3.05, 3.63) is 51.2 Å². The summed E-state index contributed by atoms with van der Waals surface area (Å²) in [5, 5.41) is 0. The number of hydrogen-bond donors (Lipinski definition) is 1. The smallest absolute Gasteiger partial charge is 0.145 e. The fourth-order valence-electron chi connectivity index (χ4n) is 1.73. The van der Waals surface area contributed by atoms with Crippen LogP contribution < -0.4 is 10.5 Å². The van der Waals surface area contributed by atoms with Gasteiger partial charge in [0, 0.05) is 11.4 Å². The quantitative estimate of drug-likeness (QED) is 0.898. The van der Waals surface area contributed by atoms with Crippen molar-refractivity contribution in [2.45, 2.75) is 19.4 Å². The Bertz CT molecular complexity index is 512. The summed E-state index contributed by atoms with van der Waals surface area (Å²) in [4.78, 5) is 1.06. The summed E-state index contributed by atoms with van der Waals surface area (Å²) < 4.78 is 6.69. The first-order chi connectivity index (χ1) is 8.72. The van der Waals surface area contributed by atoms with Crippen LogP contribution in [-0.2, 0) is 6.42 Å². The second-order valence-corrected chi connectivity index (χ2v) is 5.73. The van der Waals surface area contributed by atoms with Crippen molar-refractivity contribution in [2.75, 3.05) is 6.54 Å². The largest absolute Gasteiger partial charge is 0.484 e. The van der Waals surface area contributed by atoms with Crippen molar-refractivity contribution in [2.24, 2.45) is 5.73 Å². The lowest BCUT2D eigenvalue weighted by atomic mass is 10.1. The van der Waals surface area contributed by atoms with Crippen molar-refractivity contribution in [1.82, 2.24) is 0 Å². The maximum absolute atomic E-state index is 5.93. The van der Waals surface area contributed by atoms with E-state index in [1.54, 1.807) is 0 Å². The third-order valence-corrected chi connectivity index (χ3v) is 4.03. The Kier molecular flexibility index (Phi) is 4.64. The highest BCUT2D eigenvalue weighted by atomic mass is 35.5. The zero-order valence-electron chi connectivity index (χ0n) is 10.2. The number of thiophene rings is 1. The highest BCUT2D eigenvalue weighted by Gasteiger charge is 2.14. The molecule has 4 heteroatoms. The van der Waals surface area contributed by atoms with Crippen LogP contribution >= 0.6 is 22.9 Å². The van der Waals surface area contributed by atoms with Crippen LogP contribution in [0.5, 0.6) is 5.75 Å². The lowest BCUT2D eigenvalue weighted by Gasteiger charge is -2.16. The van der Waals surface area contributed by atoms with E-state index in [2.05, 4.69) is 19.1 Å². The van der Waals surface area contributed by atoms with E-state index in [1.807, 2.05) is 24.3 Å². The molecule has 0 saturated carbocycles. The van der Waals surface area contributed by atoms with Crippen molar-refractivity contribution < 1.29 is 4.74 Å². The van der Waals surface area contributed by atoms with Gasteiger partial charge in [0.15, 0.2) is 0 Å². The molecule has 2 nitrogen and oxygen atoms in total. The van der Waals surface area contributed by atoms with Gasteiger partial charge in [-0.2, -0.15) is 0 Å². The van der Waals surface area contributed by atoms with Crippen LogP contribution in [-0.4, -0.2) is 6.54 Å². The van der Waals surface area contributed by atoms with Gasteiger partial charge in [0.2, 0.25) is 0 Å². The molecule has 1 atom stereocenters. The summed E-state index contributed by atoms with van der Waals surface area (Å²) in [7, 11) is 0. The SMILES string of the molecule is CCc1cccc(OC(CN)c2ccc(Cl)s2)c1. The van der Waals surface area contributed by atoms with Gasteiger partial charge in [-0.15, -0.1) is 11.3 Å². The molecule has 0 aliphatic rings. The van der Waals surface area contributed by atoms with Gasteiger partial charge < -0.3 is 10.5 Å². The summed E-state index contributed by atoms with van der Waals surface area (Å²) in [5.74, 6) is 0.856. The predicted octanol–water partition coefficient (Wildman–Crippen LogP) is 4.04. The molecule has 0 fully saturated rings. The summed E-state index contributed by atoms with van der Waals surface area (Å²) in [5.41, 5.74) is 7.03. The normalized spacial score (nSPS) is 12.4. The molecule has 0 spiro atoms. The minimum Gasteiger partial charge on any atom is -0.484 e. The van der Waals surface area contributed by atoms with Gasteiger partial charge >= 0.3 is 0 Å². The first kappa shape index (κ1) is 13.4. The molecular weight excluding hydrogens is 266 g/mol. The van der Waals surface area contributed by atoms with Gasteiger partial charge in [0.1, 0.15) is 11.9 Å². The van der Waals surface area contributed by atoms with Gasteiger partial charge in [-0.3, -0.25) is 0 Å². The average Bonchev–Trinajstić information content (AvgIpc) is 2.82. The predicted molar refractivity (Wildman–Crippen MR) is 77.6 cm³/mol. The van der Waals surface area contributed by atoms with Crippen LogP contribution in [0.15, 0.2) is 36.4 Å². The van der Waals surface area contributed by atoms with Crippen molar-refractivity contribution in [1.29, 1.82) is 0 Å². The molecule has 2 rings (SSSR count). The summed E-state index contributed by atoms with van der Waals surface area (Å²) >= 11 is 7.44. The lowest BCUT2D eigenvalue weighted by Crippen LogP contribution is -2.17. The number of rotatable bonds is 5. The van der Waals surface area contributed by atoms with Crippen LogP contribution in [0.4, 0.5) is 0 Å². The van der Waals surface area contributed by atoms with Crippen molar-refractivity contribution in [3.63, 3.8) is 0 Å². The summed E-state index contributed by atoms with van der Waals surface area (Å²) in [6.07, 6.45) is 0.865. The molecular formula is C14H16ClNOS. The molecule has 0 saturated heterocycles. The van der Waals surface area contributed by atoms with Gasteiger partial charge in [0.05, 0.1) is 4.34 Å². The average molecular weight is 282 g/mol. The third kappa shape index (κ3) is 3.25. The first-order valence-electron chi connectivity index (χ1n) is 5.93. The van der Waals surface area contributed by atoms with Crippen molar-refractivity contribution >= 4 is 22.9 Å². The summed E-state index contributed by atoms with van der Waals surface area (Å²) in [6, 6.07) is 11.9. The molecule has 1 aromatic carbocycles. The second kappa shape index (κ2) is 6.23. The standard InChI is InChI=1S/C14H16ClNOS/c1-2-10-4-3-5-11(8-10)17-12(9-16)13-6-7-14(15)18-13/h3-8,12H,2,9,16H2,1H3. The first-order valence-corrected chi connectivity index (χ1v) is 7.13. The van der Waals surface area contributed by atoms with Gasteiger partial charge in [0.25, 0.3) is 0 Å². The van der Waals surface area contributed by atoms with Crippen LogP contribution in [0.3, 0.4) is 0 Å². The Balaban J connectivity index is 2.14. The van der Waals surface area contributed by atoms with Crippen LogP contribution in [0.2, 0.25) is 4.34 Å². The molecule has 1 heterocycles. The molecule has 1 aromatic heterocycles. The topological polar surface area (TPSA) is 35.2 Å². The maximum Gasteiger partial charge on any atom is 0.145 e. The number of aryl methyl sites for hydroxylation is 1. The molecule has 96 valence electrons. The van der Waals surface area contributed by atoms with E-state index in [4.69, 9.17) is 22.1 Å². The highest BCUT2D eigenvalue weighted by Crippen LogP contribution is 2.30. The van der Waals surface area contributed by atoms with E-state index >= 15 is 0 Å². The molecule has 2 N–H and O–H groups in total. The van der Waals surface area contributed by atoms with Gasteiger partial charge in [-0.05, 0) is 36.2 Å². The Morgan fingerprint density at radius 1 is 1.33 bits per heavy atom. The zero-order chi connectivity index (χ0) is 13.0. The lowest BCUT2D eigenvalue weighted by molar-refractivity contribution is 0.218. The Morgan fingerprint density at radius 2 is 2.17 bits per heavy atom. The van der Waals surface area contributed by atoms with Crippen molar-refractivity contribution in [3.8, 4) is 5.75 Å². The van der Waals surface area contributed by atoms with E-state index in [0.717, 1.165) is 21.4 Å². The second-order valence-electron chi connectivity index (χ2n) is 3.99. The van der Waals surface area contributed by atoms with E-state index < -0.39 is 0 Å². The molecule has 0 radical (unpaired) electrons. The number of hydrogen-bond acceptors (Lipinski definition) is 3. The van der Waals surface area contributed by atoms with E-state index in [1.165, 1.54) is 16.9 Å². The molecule has 0 amide bonds. The molecule has 18 heavy (non-hydrogen) atoms. The molecule has 0 aliphatic carbocycles. The zero-order valence-corrected chi connectivity index (χ0v) is 11.8. The number of nitrogens with two attached hydrogens (primary N) is 1. The third-order valence-electron chi connectivity index (χ3n) is 2.71. The number of benzene rings is 1. The molecule has 2 aromatic rings. The fraction of sp³-hybridized carbons (Fsp3) is 0.286. The highest BCUT2D eigenvalue weighted by molar-refractivity contribution is 7.16. The van der Waals surface area contributed by atoms with E-state index in [9.17, 15) is 0 Å². The maximum atomic E-state index is 5.93. The summed E-state index contributed by atoms with van der Waals surface area (Å²) in [6.45, 7) is 2.56.